The van der Waals surface area contributed by atoms with Crippen LogP contribution in [0.1, 0.15) is 51.9 Å². The first-order valence-corrected chi connectivity index (χ1v) is 9.41. The van der Waals surface area contributed by atoms with Crippen LogP contribution in [0.2, 0.25) is 0 Å². The maximum absolute atomic E-state index is 5.67. The third-order valence-corrected chi connectivity index (χ3v) is 5.00. The van der Waals surface area contributed by atoms with Crippen LogP contribution in [0.3, 0.4) is 0 Å². The quantitative estimate of drug-likeness (QED) is 0.257. The third-order valence-electron chi connectivity index (χ3n) is 5.00. The van der Waals surface area contributed by atoms with Gasteiger partial charge in [0, 0.05) is 33.4 Å². The molecule has 0 bridgehead atoms. The van der Waals surface area contributed by atoms with E-state index in [4.69, 9.17) is 9.47 Å². The molecule has 0 spiro atoms. The summed E-state index contributed by atoms with van der Waals surface area (Å²) in [5.41, 5.74) is 0. The van der Waals surface area contributed by atoms with Crippen LogP contribution in [0.15, 0.2) is 4.99 Å². The Morgan fingerprint density at radius 1 is 1.17 bits per heavy atom. The molecule has 0 radical (unpaired) electrons. The van der Waals surface area contributed by atoms with E-state index in [1.54, 1.807) is 0 Å². The lowest BCUT2D eigenvalue weighted by Crippen LogP contribution is -2.40. The Bertz CT molecular complexity index is 341. The van der Waals surface area contributed by atoms with E-state index in [0.717, 1.165) is 63.5 Å². The molecular weight excluding hydrogens is 417 g/mol. The fourth-order valence-corrected chi connectivity index (χ4v) is 3.37. The van der Waals surface area contributed by atoms with Gasteiger partial charge in [-0.25, -0.2) is 0 Å². The molecule has 2 aliphatic rings. The smallest absolute Gasteiger partial charge is 0.190 e. The SMILES string of the molecule is CN=C(NCCCOCC1CCCO1)NCC1CCC(C)CC1.I. The Labute approximate surface area is 164 Å². The van der Waals surface area contributed by atoms with E-state index in [2.05, 4.69) is 22.5 Å². The highest BCUT2D eigenvalue weighted by Gasteiger charge is 2.18. The fourth-order valence-electron chi connectivity index (χ4n) is 3.37. The van der Waals surface area contributed by atoms with Crippen LogP contribution in [-0.4, -0.2) is 52.0 Å². The van der Waals surface area contributed by atoms with Crippen molar-refractivity contribution in [2.24, 2.45) is 16.8 Å². The Morgan fingerprint density at radius 3 is 2.62 bits per heavy atom. The van der Waals surface area contributed by atoms with Gasteiger partial charge in [0.25, 0.3) is 0 Å². The van der Waals surface area contributed by atoms with Crippen molar-refractivity contribution in [2.45, 2.75) is 58.0 Å². The summed E-state index contributed by atoms with van der Waals surface area (Å²) in [6.45, 7) is 6.73. The summed E-state index contributed by atoms with van der Waals surface area (Å²) in [5.74, 6) is 2.64. The number of hydrogen-bond donors (Lipinski definition) is 2. The van der Waals surface area contributed by atoms with Crippen molar-refractivity contribution < 1.29 is 9.47 Å². The van der Waals surface area contributed by atoms with Gasteiger partial charge < -0.3 is 20.1 Å². The predicted octanol–water partition coefficient (Wildman–Crippen LogP) is 3.18. The van der Waals surface area contributed by atoms with Crippen molar-refractivity contribution in [1.29, 1.82) is 0 Å². The van der Waals surface area contributed by atoms with Crippen molar-refractivity contribution in [3.63, 3.8) is 0 Å². The topological polar surface area (TPSA) is 54.9 Å². The molecular formula is C18H36IN3O2. The molecule has 6 heteroatoms. The van der Waals surface area contributed by atoms with E-state index in [-0.39, 0.29) is 24.0 Å². The van der Waals surface area contributed by atoms with E-state index < -0.39 is 0 Å². The number of nitrogens with one attached hydrogen (secondary N) is 2. The first-order valence-electron chi connectivity index (χ1n) is 9.41. The standard InChI is InChI=1S/C18H35N3O2.HI/c1-15-6-8-16(9-7-15)13-21-18(19-2)20-10-4-11-22-14-17-5-3-12-23-17;/h15-17H,3-14H2,1-2H3,(H2,19,20,21);1H. The minimum atomic E-state index is 0. The molecule has 1 atom stereocenters. The normalized spacial score (nSPS) is 27.6. The minimum Gasteiger partial charge on any atom is -0.379 e. The van der Waals surface area contributed by atoms with E-state index in [1.165, 1.54) is 32.1 Å². The van der Waals surface area contributed by atoms with Crippen LogP contribution in [0.25, 0.3) is 0 Å². The Kier molecular flexibility index (Phi) is 12.0. The second kappa shape index (κ2) is 13.2. The van der Waals surface area contributed by atoms with Gasteiger partial charge in [-0.2, -0.15) is 0 Å². The summed E-state index contributed by atoms with van der Waals surface area (Å²) >= 11 is 0. The predicted molar refractivity (Wildman–Crippen MR) is 110 cm³/mol. The second-order valence-corrected chi connectivity index (χ2v) is 7.07. The molecule has 0 aromatic rings. The van der Waals surface area contributed by atoms with Crippen molar-refractivity contribution in [3.8, 4) is 0 Å². The van der Waals surface area contributed by atoms with Crippen molar-refractivity contribution >= 4 is 29.9 Å². The highest BCUT2D eigenvalue weighted by molar-refractivity contribution is 14.0. The summed E-state index contributed by atoms with van der Waals surface area (Å²) in [6, 6.07) is 0. The summed E-state index contributed by atoms with van der Waals surface area (Å²) in [5, 5.41) is 6.84. The first-order chi connectivity index (χ1) is 11.3. The number of nitrogens with zero attached hydrogens (tertiary/aromatic N) is 1. The molecule has 1 unspecified atom stereocenters. The van der Waals surface area contributed by atoms with Crippen LogP contribution in [0, 0.1) is 11.8 Å². The first kappa shape index (κ1) is 22.0. The minimum absolute atomic E-state index is 0. The van der Waals surface area contributed by atoms with Gasteiger partial charge in [0.05, 0.1) is 12.7 Å². The maximum atomic E-state index is 5.67. The zero-order valence-corrected chi connectivity index (χ0v) is 17.7. The summed E-state index contributed by atoms with van der Waals surface area (Å²) in [7, 11) is 1.84. The van der Waals surface area contributed by atoms with Crippen LogP contribution < -0.4 is 10.6 Å². The highest BCUT2D eigenvalue weighted by Crippen LogP contribution is 2.27. The van der Waals surface area contributed by atoms with Gasteiger partial charge in [0.15, 0.2) is 5.96 Å². The van der Waals surface area contributed by atoms with E-state index >= 15 is 0 Å². The van der Waals surface area contributed by atoms with Crippen molar-refractivity contribution in [1.82, 2.24) is 10.6 Å². The molecule has 142 valence electrons. The van der Waals surface area contributed by atoms with Gasteiger partial charge in [0.2, 0.25) is 0 Å². The van der Waals surface area contributed by atoms with Crippen molar-refractivity contribution in [3.05, 3.63) is 0 Å². The highest BCUT2D eigenvalue weighted by atomic mass is 127. The van der Waals surface area contributed by atoms with Crippen LogP contribution in [0.5, 0.6) is 0 Å². The number of ether oxygens (including phenoxy) is 2. The van der Waals surface area contributed by atoms with Crippen LogP contribution >= 0.6 is 24.0 Å². The van der Waals surface area contributed by atoms with E-state index in [1.807, 2.05) is 7.05 Å². The molecule has 1 aliphatic carbocycles. The molecule has 0 aromatic carbocycles. The maximum Gasteiger partial charge on any atom is 0.190 e. The molecule has 2 fully saturated rings. The Morgan fingerprint density at radius 2 is 1.96 bits per heavy atom. The zero-order chi connectivity index (χ0) is 16.3. The number of aliphatic imine (C=N–C) groups is 1. The van der Waals surface area contributed by atoms with Crippen molar-refractivity contribution in [2.75, 3.05) is 40.0 Å². The number of halogens is 1. The lowest BCUT2D eigenvalue weighted by molar-refractivity contribution is 0.0168. The monoisotopic (exact) mass is 453 g/mol. The van der Waals surface area contributed by atoms with Gasteiger partial charge >= 0.3 is 0 Å². The van der Waals surface area contributed by atoms with Gasteiger partial charge in [0.1, 0.15) is 0 Å². The lowest BCUT2D eigenvalue weighted by Gasteiger charge is -2.26. The number of guanidine groups is 1. The summed E-state index contributed by atoms with van der Waals surface area (Å²) in [6.07, 6.45) is 9.10. The molecule has 5 nitrogen and oxygen atoms in total. The molecule has 1 heterocycles. The lowest BCUT2D eigenvalue weighted by atomic mass is 9.83. The molecule has 2 N–H and O–H groups in total. The Balaban J connectivity index is 0.00000288. The number of hydrogen-bond acceptors (Lipinski definition) is 3. The molecule has 0 amide bonds. The fraction of sp³-hybridized carbons (Fsp3) is 0.944. The van der Waals surface area contributed by atoms with Gasteiger partial charge in [-0.1, -0.05) is 19.8 Å². The average molecular weight is 453 g/mol. The number of rotatable bonds is 8. The van der Waals surface area contributed by atoms with Crippen LogP contribution in [0.4, 0.5) is 0 Å². The average Bonchev–Trinajstić information content (AvgIpc) is 3.08. The van der Waals surface area contributed by atoms with Gasteiger partial charge in [-0.3, -0.25) is 4.99 Å². The van der Waals surface area contributed by atoms with E-state index in [0.29, 0.717) is 6.10 Å². The summed E-state index contributed by atoms with van der Waals surface area (Å²) < 4.78 is 11.2. The second-order valence-electron chi connectivity index (χ2n) is 7.07. The molecule has 1 aliphatic heterocycles. The molecule has 0 aromatic heterocycles. The van der Waals surface area contributed by atoms with Crippen LogP contribution in [-0.2, 0) is 9.47 Å². The summed E-state index contributed by atoms with van der Waals surface area (Å²) in [4.78, 5) is 4.30. The Hall–Kier alpha value is -0.0800. The third kappa shape index (κ3) is 8.85. The molecule has 1 saturated carbocycles. The molecule has 1 saturated heterocycles. The zero-order valence-electron chi connectivity index (χ0n) is 15.4. The van der Waals surface area contributed by atoms with E-state index in [9.17, 15) is 0 Å². The van der Waals surface area contributed by atoms with Gasteiger partial charge in [-0.15, -0.1) is 24.0 Å². The van der Waals surface area contributed by atoms with Gasteiger partial charge in [-0.05, 0) is 43.9 Å². The molecule has 24 heavy (non-hydrogen) atoms. The molecule has 2 rings (SSSR count). The largest absolute Gasteiger partial charge is 0.379 e.